The molecule has 0 rings (SSSR count). The van der Waals surface area contributed by atoms with Crippen LogP contribution in [0.5, 0.6) is 0 Å². The SMILES string of the molecule is CC(C)(C)N.O=C(Cl)C(=O)Cl. The van der Waals surface area contributed by atoms with E-state index in [0.29, 0.717) is 0 Å². The number of carbonyl (C=O) groups excluding carboxylic acids is 2. The molecule has 0 aromatic carbocycles. The molecule has 0 aliphatic rings. The van der Waals surface area contributed by atoms with Crippen LogP contribution in [-0.2, 0) is 9.59 Å². The van der Waals surface area contributed by atoms with Gasteiger partial charge in [-0.15, -0.1) is 0 Å². The molecule has 5 heteroatoms. The van der Waals surface area contributed by atoms with E-state index in [0.717, 1.165) is 0 Å². The highest BCUT2D eigenvalue weighted by atomic mass is 35.5. The topological polar surface area (TPSA) is 60.2 Å². The van der Waals surface area contributed by atoms with Crippen LogP contribution in [-0.4, -0.2) is 16.0 Å². The summed E-state index contributed by atoms with van der Waals surface area (Å²) in [5, 5.41) is -2.28. The fourth-order valence-corrected chi connectivity index (χ4v) is 0. The minimum absolute atomic E-state index is 0. The maximum absolute atomic E-state index is 9.43. The van der Waals surface area contributed by atoms with Gasteiger partial charge in [0.15, 0.2) is 0 Å². The molecule has 0 bridgehead atoms. The van der Waals surface area contributed by atoms with Gasteiger partial charge in [0.05, 0.1) is 0 Å². The zero-order chi connectivity index (χ0) is 9.65. The summed E-state index contributed by atoms with van der Waals surface area (Å²) in [5.41, 5.74) is 5.35. The maximum atomic E-state index is 9.43. The van der Waals surface area contributed by atoms with E-state index < -0.39 is 10.5 Å². The summed E-state index contributed by atoms with van der Waals surface area (Å²) < 4.78 is 0. The number of hydrogen-bond donors (Lipinski definition) is 1. The third kappa shape index (κ3) is 40.8. The molecular weight excluding hydrogens is 189 g/mol. The molecule has 0 saturated carbocycles. The van der Waals surface area contributed by atoms with Gasteiger partial charge in [-0.3, -0.25) is 9.59 Å². The van der Waals surface area contributed by atoms with E-state index in [-0.39, 0.29) is 5.54 Å². The van der Waals surface area contributed by atoms with Crippen LogP contribution in [0.3, 0.4) is 0 Å². The Morgan fingerprint density at radius 2 is 1.18 bits per heavy atom. The first-order chi connectivity index (χ1) is 4.64. The van der Waals surface area contributed by atoms with E-state index in [1.165, 1.54) is 0 Å². The Morgan fingerprint density at radius 3 is 1.18 bits per heavy atom. The summed E-state index contributed by atoms with van der Waals surface area (Å²) in [4.78, 5) is 18.9. The first-order valence-corrected chi connectivity index (χ1v) is 3.58. The van der Waals surface area contributed by atoms with Crippen LogP contribution >= 0.6 is 23.2 Å². The van der Waals surface area contributed by atoms with Gasteiger partial charge in [-0.2, -0.15) is 0 Å². The lowest BCUT2D eigenvalue weighted by atomic mass is 10.1. The van der Waals surface area contributed by atoms with Gasteiger partial charge in [0.2, 0.25) is 0 Å². The van der Waals surface area contributed by atoms with E-state index in [1.807, 2.05) is 20.8 Å². The van der Waals surface area contributed by atoms with Gasteiger partial charge in [-0.25, -0.2) is 0 Å². The molecule has 0 saturated heterocycles. The molecule has 0 unspecified atom stereocenters. The molecule has 0 radical (unpaired) electrons. The molecule has 0 amide bonds. The Morgan fingerprint density at radius 1 is 1.09 bits per heavy atom. The normalized spacial score (nSPS) is 9.64. The van der Waals surface area contributed by atoms with Crippen molar-refractivity contribution in [3.63, 3.8) is 0 Å². The molecule has 0 fully saturated rings. The van der Waals surface area contributed by atoms with Gasteiger partial charge in [-0.1, -0.05) is 0 Å². The quantitative estimate of drug-likeness (QED) is 0.512. The fourth-order valence-electron chi connectivity index (χ4n) is 0. The van der Waals surface area contributed by atoms with Crippen molar-refractivity contribution in [3.05, 3.63) is 0 Å². The third-order valence-electron chi connectivity index (χ3n) is 0.155. The summed E-state index contributed by atoms with van der Waals surface area (Å²) in [5.74, 6) is 0. The van der Waals surface area contributed by atoms with Crippen LogP contribution in [0.2, 0.25) is 0 Å². The van der Waals surface area contributed by atoms with Crippen LogP contribution < -0.4 is 5.73 Å². The van der Waals surface area contributed by atoms with Crippen molar-refractivity contribution in [2.75, 3.05) is 0 Å². The Bertz CT molecular complexity index is 133. The van der Waals surface area contributed by atoms with Crippen LogP contribution in [0.4, 0.5) is 0 Å². The zero-order valence-corrected chi connectivity index (χ0v) is 8.16. The summed E-state index contributed by atoms with van der Waals surface area (Å²) >= 11 is 8.98. The zero-order valence-electron chi connectivity index (χ0n) is 6.65. The molecule has 0 spiro atoms. The molecule has 0 heterocycles. The second-order valence-electron chi connectivity index (χ2n) is 2.91. The average Bonchev–Trinajstić information content (AvgIpc) is 1.59. The van der Waals surface area contributed by atoms with Crippen molar-refractivity contribution in [2.45, 2.75) is 26.3 Å². The maximum Gasteiger partial charge on any atom is 0.304 e. The van der Waals surface area contributed by atoms with Gasteiger partial charge in [0.25, 0.3) is 0 Å². The van der Waals surface area contributed by atoms with Gasteiger partial charge in [0.1, 0.15) is 0 Å². The molecule has 3 nitrogen and oxygen atoms in total. The minimum Gasteiger partial charge on any atom is -0.326 e. The Kier molecular flexibility index (Phi) is 6.76. The largest absolute Gasteiger partial charge is 0.326 e. The summed E-state index contributed by atoms with van der Waals surface area (Å²) in [6.07, 6.45) is 0. The van der Waals surface area contributed by atoms with E-state index in [9.17, 15) is 9.59 Å². The van der Waals surface area contributed by atoms with Crippen molar-refractivity contribution in [1.82, 2.24) is 0 Å². The summed E-state index contributed by atoms with van der Waals surface area (Å²) in [6, 6.07) is 0. The average molecular weight is 200 g/mol. The standard InChI is InChI=1S/C4H11N.C2Cl2O2/c1-4(2,3)5;3-1(5)2(4)6/h5H2,1-3H3;. The molecule has 0 aliphatic carbocycles. The Labute approximate surface area is 75.8 Å². The van der Waals surface area contributed by atoms with Crippen molar-refractivity contribution < 1.29 is 9.59 Å². The van der Waals surface area contributed by atoms with Crippen molar-refractivity contribution in [3.8, 4) is 0 Å². The second-order valence-corrected chi connectivity index (χ2v) is 3.60. The monoisotopic (exact) mass is 199 g/mol. The molecule has 0 aromatic rings. The highest BCUT2D eigenvalue weighted by Gasteiger charge is 2.01. The van der Waals surface area contributed by atoms with E-state index in [1.54, 1.807) is 0 Å². The van der Waals surface area contributed by atoms with E-state index in [4.69, 9.17) is 5.73 Å². The van der Waals surface area contributed by atoms with E-state index >= 15 is 0 Å². The van der Waals surface area contributed by atoms with Gasteiger partial charge >= 0.3 is 10.5 Å². The molecule has 11 heavy (non-hydrogen) atoms. The smallest absolute Gasteiger partial charge is 0.304 e. The molecule has 66 valence electrons. The number of carbonyl (C=O) groups is 2. The third-order valence-corrected chi connectivity index (χ3v) is 0.595. The summed E-state index contributed by atoms with van der Waals surface area (Å²) in [7, 11) is 0. The van der Waals surface area contributed by atoms with Crippen LogP contribution in [0, 0.1) is 0 Å². The molecular formula is C6H11Cl2NO2. The highest BCUT2D eigenvalue weighted by molar-refractivity contribution is 6.97. The number of nitrogens with two attached hydrogens (primary N) is 1. The number of hydrogen-bond acceptors (Lipinski definition) is 3. The lowest BCUT2D eigenvalue weighted by Gasteiger charge is -2.06. The molecule has 0 aromatic heterocycles. The molecule has 0 aliphatic heterocycles. The molecule has 0 atom stereocenters. The lowest BCUT2D eigenvalue weighted by molar-refractivity contribution is -0.127. The van der Waals surface area contributed by atoms with E-state index in [2.05, 4.69) is 23.2 Å². The predicted octanol–water partition coefficient (Wildman–Crippen LogP) is 1.26. The first-order valence-electron chi connectivity index (χ1n) is 2.82. The van der Waals surface area contributed by atoms with Crippen LogP contribution in [0.15, 0.2) is 0 Å². The predicted molar refractivity (Wildman–Crippen MR) is 45.7 cm³/mol. The highest BCUT2D eigenvalue weighted by Crippen LogP contribution is 1.88. The fraction of sp³-hybridized carbons (Fsp3) is 0.667. The first kappa shape index (κ1) is 13.5. The lowest BCUT2D eigenvalue weighted by Crippen LogP contribution is -2.26. The summed E-state index contributed by atoms with van der Waals surface area (Å²) in [6.45, 7) is 5.90. The Hall–Kier alpha value is -0.120. The van der Waals surface area contributed by atoms with Gasteiger partial charge in [-0.05, 0) is 44.0 Å². The Balaban J connectivity index is 0. The van der Waals surface area contributed by atoms with Crippen molar-refractivity contribution in [1.29, 1.82) is 0 Å². The van der Waals surface area contributed by atoms with Crippen molar-refractivity contribution in [2.24, 2.45) is 5.73 Å². The second kappa shape index (κ2) is 5.52. The minimum atomic E-state index is -1.14. The number of rotatable bonds is 1. The van der Waals surface area contributed by atoms with Crippen LogP contribution in [0.25, 0.3) is 0 Å². The molecule has 2 N–H and O–H groups in total. The van der Waals surface area contributed by atoms with Gasteiger partial charge in [0, 0.05) is 5.54 Å². The van der Waals surface area contributed by atoms with Crippen LogP contribution in [0.1, 0.15) is 20.8 Å². The van der Waals surface area contributed by atoms with Crippen molar-refractivity contribution >= 4 is 33.7 Å². The van der Waals surface area contributed by atoms with Gasteiger partial charge < -0.3 is 5.73 Å². The number of halogens is 2.